The van der Waals surface area contributed by atoms with Crippen LogP contribution in [0.15, 0.2) is 11.8 Å². The van der Waals surface area contributed by atoms with Crippen LogP contribution in [0.4, 0.5) is 0 Å². The van der Waals surface area contributed by atoms with Gasteiger partial charge in [0.1, 0.15) is 11.9 Å². The maximum Gasteiger partial charge on any atom is 0.334 e. The Morgan fingerprint density at radius 1 is 1.47 bits per heavy atom. The maximum absolute atomic E-state index is 11.3. The number of hydrogen-bond acceptors (Lipinski definition) is 3. The first-order valence-corrected chi connectivity index (χ1v) is 5.83. The number of esters is 1. The monoisotopic (exact) mass is 210 g/mol. The minimum Gasteiger partial charge on any atom is -0.498 e. The second-order valence-electron chi connectivity index (χ2n) is 4.27. The third-order valence-electron chi connectivity index (χ3n) is 3.20. The van der Waals surface area contributed by atoms with Crippen LogP contribution in [0.5, 0.6) is 0 Å². The van der Waals surface area contributed by atoms with Crippen molar-refractivity contribution in [2.45, 2.75) is 45.1 Å². The van der Waals surface area contributed by atoms with Gasteiger partial charge in [0.2, 0.25) is 0 Å². The Balaban J connectivity index is 1.98. The molecule has 1 atom stereocenters. The highest BCUT2D eigenvalue weighted by Crippen LogP contribution is 2.33. The van der Waals surface area contributed by atoms with Gasteiger partial charge in [-0.15, -0.1) is 0 Å². The summed E-state index contributed by atoms with van der Waals surface area (Å²) in [6.45, 7) is 2.56. The number of cyclic esters (lactones) is 1. The molecule has 2 aliphatic rings. The van der Waals surface area contributed by atoms with E-state index in [-0.39, 0.29) is 12.1 Å². The predicted octanol–water partition coefficient (Wildman–Crippen LogP) is 2.41. The fourth-order valence-corrected chi connectivity index (χ4v) is 2.49. The molecule has 0 saturated heterocycles. The topological polar surface area (TPSA) is 35.5 Å². The molecule has 0 aromatic rings. The van der Waals surface area contributed by atoms with Gasteiger partial charge in [-0.25, -0.2) is 4.79 Å². The van der Waals surface area contributed by atoms with Crippen LogP contribution >= 0.6 is 0 Å². The van der Waals surface area contributed by atoms with Crippen LogP contribution in [0, 0.1) is 5.92 Å². The van der Waals surface area contributed by atoms with Crippen molar-refractivity contribution < 1.29 is 14.3 Å². The van der Waals surface area contributed by atoms with Crippen LogP contribution < -0.4 is 0 Å². The molecule has 84 valence electrons. The normalized spacial score (nSPS) is 27.4. The van der Waals surface area contributed by atoms with Crippen molar-refractivity contribution in [3.63, 3.8) is 0 Å². The van der Waals surface area contributed by atoms with Gasteiger partial charge >= 0.3 is 5.97 Å². The minimum atomic E-state index is -0.235. The van der Waals surface area contributed by atoms with Crippen LogP contribution in [0.2, 0.25) is 0 Å². The van der Waals surface area contributed by atoms with Crippen LogP contribution in [0.1, 0.15) is 39.0 Å². The lowest BCUT2D eigenvalue weighted by Crippen LogP contribution is -2.29. The van der Waals surface area contributed by atoms with Crippen LogP contribution in [0.25, 0.3) is 0 Å². The molecule has 0 amide bonds. The van der Waals surface area contributed by atoms with Gasteiger partial charge in [0, 0.05) is 6.42 Å². The first-order valence-electron chi connectivity index (χ1n) is 5.83. The van der Waals surface area contributed by atoms with Gasteiger partial charge in [-0.3, -0.25) is 0 Å². The molecule has 1 saturated carbocycles. The largest absolute Gasteiger partial charge is 0.498 e. The second kappa shape index (κ2) is 4.69. The van der Waals surface area contributed by atoms with E-state index in [9.17, 15) is 4.79 Å². The molecule has 15 heavy (non-hydrogen) atoms. The van der Waals surface area contributed by atoms with Crippen molar-refractivity contribution in [2.24, 2.45) is 5.92 Å². The van der Waals surface area contributed by atoms with E-state index in [1.807, 2.05) is 6.92 Å². The predicted molar refractivity (Wildman–Crippen MR) is 56.2 cm³/mol. The summed E-state index contributed by atoms with van der Waals surface area (Å²) in [5, 5.41) is 0. The second-order valence-corrected chi connectivity index (χ2v) is 4.27. The average molecular weight is 210 g/mol. The molecule has 1 heterocycles. The standard InChI is InChI=1S/C12H18O3/c1-2-14-10-7-11(15-12(13)8-10)9-5-3-4-6-9/h8-9,11H,2-7H2,1H3. The average Bonchev–Trinajstić information content (AvgIpc) is 2.70. The first-order chi connectivity index (χ1) is 7.29. The Labute approximate surface area is 90.4 Å². The van der Waals surface area contributed by atoms with Crippen molar-refractivity contribution in [3.8, 4) is 0 Å². The quantitative estimate of drug-likeness (QED) is 0.671. The molecule has 0 radical (unpaired) electrons. The summed E-state index contributed by atoms with van der Waals surface area (Å²) in [6, 6.07) is 0. The Morgan fingerprint density at radius 2 is 2.20 bits per heavy atom. The van der Waals surface area contributed by atoms with Gasteiger partial charge in [0.05, 0.1) is 12.7 Å². The van der Waals surface area contributed by atoms with Gasteiger partial charge in [-0.05, 0) is 25.7 Å². The molecule has 1 aliphatic carbocycles. The van der Waals surface area contributed by atoms with Crippen LogP contribution in [0.3, 0.4) is 0 Å². The summed E-state index contributed by atoms with van der Waals surface area (Å²) in [4.78, 5) is 11.3. The van der Waals surface area contributed by atoms with Gasteiger partial charge in [0.15, 0.2) is 0 Å². The molecule has 0 aromatic carbocycles. The van der Waals surface area contributed by atoms with Gasteiger partial charge in [0.25, 0.3) is 0 Å². The molecule has 1 unspecified atom stereocenters. The SMILES string of the molecule is CCOC1=CC(=O)OC(C2CCCC2)C1. The molecular formula is C12H18O3. The molecule has 0 N–H and O–H groups in total. The fraction of sp³-hybridized carbons (Fsp3) is 0.750. The molecule has 0 aromatic heterocycles. The number of ether oxygens (including phenoxy) is 2. The van der Waals surface area contributed by atoms with Gasteiger partial charge in [-0.1, -0.05) is 12.8 Å². The van der Waals surface area contributed by atoms with Gasteiger partial charge in [-0.2, -0.15) is 0 Å². The Hall–Kier alpha value is -0.990. The summed E-state index contributed by atoms with van der Waals surface area (Å²) < 4.78 is 10.8. The number of rotatable bonds is 3. The highest BCUT2D eigenvalue weighted by atomic mass is 16.6. The molecule has 3 heteroatoms. The summed E-state index contributed by atoms with van der Waals surface area (Å²) in [5.41, 5.74) is 0. The van der Waals surface area contributed by atoms with Crippen molar-refractivity contribution in [1.82, 2.24) is 0 Å². The van der Waals surface area contributed by atoms with E-state index in [1.165, 1.54) is 31.8 Å². The molecule has 2 rings (SSSR count). The molecule has 1 aliphatic heterocycles. The lowest BCUT2D eigenvalue weighted by molar-refractivity contribution is -0.148. The zero-order valence-corrected chi connectivity index (χ0v) is 9.20. The highest BCUT2D eigenvalue weighted by molar-refractivity contribution is 5.83. The van der Waals surface area contributed by atoms with Crippen LogP contribution in [-0.4, -0.2) is 18.7 Å². The fourth-order valence-electron chi connectivity index (χ4n) is 2.49. The van der Waals surface area contributed by atoms with E-state index in [0.29, 0.717) is 12.5 Å². The summed E-state index contributed by atoms with van der Waals surface area (Å²) in [5.74, 6) is 1.12. The van der Waals surface area contributed by atoms with Crippen LogP contribution in [-0.2, 0) is 14.3 Å². The smallest absolute Gasteiger partial charge is 0.334 e. The molecule has 3 nitrogen and oxygen atoms in total. The molecular weight excluding hydrogens is 192 g/mol. The van der Waals surface area contributed by atoms with E-state index >= 15 is 0 Å². The minimum absolute atomic E-state index is 0.0616. The van der Waals surface area contributed by atoms with E-state index in [0.717, 1.165) is 12.2 Å². The van der Waals surface area contributed by atoms with E-state index in [2.05, 4.69) is 0 Å². The maximum atomic E-state index is 11.3. The molecule has 0 bridgehead atoms. The third-order valence-corrected chi connectivity index (χ3v) is 3.20. The summed E-state index contributed by atoms with van der Waals surface area (Å²) in [7, 11) is 0. The van der Waals surface area contributed by atoms with E-state index < -0.39 is 0 Å². The first kappa shape index (κ1) is 10.5. The Morgan fingerprint density at radius 3 is 2.87 bits per heavy atom. The number of hydrogen-bond donors (Lipinski definition) is 0. The molecule has 0 spiro atoms. The van der Waals surface area contributed by atoms with Gasteiger partial charge < -0.3 is 9.47 Å². The highest BCUT2D eigenvalue weighted by Gasteiger charge is 2.31. The Kier molecular flexibility index (Phi) is 3.29. The molecule has 1 fully saturated rings. The van der Waals surface area contributed by atoms with E-state index in [4.69, 9.17) is 9.47 Å². The number of carbonyl (C=O) groups excluding carboxylic acids is 1. The zero-order valence-electron chi connectivity index (χ0n) is 9.20. The van der Waals surface area contributed by atoms with Crippen molar-refractivity contribution in [2.75, 3.05) is 6.61 Å². The third kappa shape index (κ3) is 2.52. The number of carbonyl (C=O) groups is 1. The Bertz CT molecular complexity index is 264. The van der Waals surface area contributed by atoms with Crippen molar-refractivity contribution in [1.29, 1.82) is 0 Å². The zero-order chi connectivity index (χ0) is 10.7. The lowest BCUT2D eigenvalue weighted by atomic mass is 9.96. The summed E-state index contributed by atoms with van der Waals surface area (Å²) in [6.07, 6.45) is 7.23. The lowest BCUT2D eigenvalue weighted by Gasteiger charge is -2.27. The van der Waals surface area contributed by atoms with Crippen molar-refractivity contribution >= 4 is 5.97 Å². The van der Waals surface area contributed by atoms with Crippen molar-refractivity contribution in [3.05, 3.63) is 11.8 Å². The summed E-state index contributed by atoms with van der Waals surface area (Å²) >= 11 is 0. The van der Waals surface area contributed by atoms with E-state index in [1.54, 1.807) is 0 Å².